The van der Waals surface area contributed by atoms with Crippen molar-refractivity contribution in [2.75, 3.05) is 0 Å². The van der Waals surface area contributed by atoms with Gasteiger partial charge in [-0.05, 0) is 57.9 Å². The van der Waals surface area contributed by atoms with E-state index in [0.29, 0.717) is 5.92 Å². The minimum atomic E-state index is -0.635. The second kappa shape index (κ2) is 8.01. The Morgan fingerprint density at radius 1 is 1.25 bits per heavy atom. The molecule has 0 unspecified atom stereocenters. The molecule has 1 aromatic heterocycles. The fourth-order valence-corrected chi connectivity index (χ4v) is 3.88. The summed E-state index contributed by atoms with van der Waals surface area (Å²) in [4.78, 5) is 25.5. The summed E-state index contributed by atoms with van der Waals surface area (Å²) in [5.41, 5.74) is -0.580. The molecule has 2 rings (SSSR count). The molecule has 1 aliphatic rings. The number of ether oxygens (including phenoxy) is 1. The fourth-order valence-electron chi connectivity index (χ4n) is 3.01. The third-order valence-electron chi connectivity index (χ3n) is 4.15. The van der Waals surface area contributed by atoms with Crippen LogP contribution in [0, 0.1) is 5.92 Å². The van der Waals surface area contributed by atoms with E-state index >= 15 is 0 Å². The number of carbonyl (C=O) groups excluding carboxylic acids is 2. The Balaban J connectivity index is 1.95. The number of amides is 2. The molecule has 1 aromatic rings. The van der Waals surface area contributed by atoms with Crippen molar-refractivity contribution in [3.63, 3.8) is 0 Å². The van der Waals surface area contributed by atoms with E-state index in [2.05, 4.69) is 16.7 Å². The van der Waals surface area contributed by atoms with E-state index < -0.39 is 17.7 Å². The monoisotopic (exact) mass is 352 g/mol. The van der Waals surface area contributed by atoms with Gasteiger partial charge in [0.2, 0.25) is 5.91 Å². The first kappa shape index (κ1) is 18.8. The van der Waals surface area contributed by atoms with Crippen LogP contribution in [-0.4, -0.2) is 23.6 Å². The van der Waals surface area contributed by atoms with Crippen LogP contribution in [-0.2, 0) is 9.53 Å². The maximum Gasteiger partial charge on any atom is 0.408 e. The van der Waals surface area contributed by atoms with Crippen molar-refractivity contribution < 1.29 is 14.3 Å². The van der Waals surface area contributed by atoms with Crippen LogP contribution < -0.4 is 10.6 Å². The zero-order valence-electron chi connectivity index (χ0n) is 14.9. The van der Waals surface area contributed by atoms with Crippen LogP contribution in [0.5, 0.6) is 0 Å². The molecular weight excluding hydrogens is 324 g/mol. The van der Waals surface area contributed by atoms with Crippen LogP contribution in [0.3, 0.4) is 0 Å². The Morgan fingerprint density at radius 3 is 2.46 bits per heavy atom. The van der Waals surface area contributed by atoms with E-state index in [4.69, 9.17) is 4.74 Å². The first-order valence-electron chi connectivity index (χ1n) is 8.59. The number of rotatable bonds is 5. The van der Waals surface area contributed by atoms with Crippen molar-refractivity contribution in [1.82, 2.24) is 10.6 Å². The van der Waals surface area contributed by atoms with Gasteiger partial charge in [-0.15, -0.1) is 11.3 Å². The molecule has 1 saturated carbocycles. The molecule has 24 heavy (non-hydrogen) atoms. The van der Waals surface area contributed by atoms with E-state index in [-0.39, 0.29) is 11.9 Å². The largest absolute Gasteiger partial charge is 0.444 e. The van der Waals surface area contributed by atoms with Gasteiger partial charge in [0.25, 0.3) is 0 Å². The highest BCUT2D eigenvalue weighted by Gasteiger charge is 2.30. The Kier molecular flexibility index (Phi) is 6.27. The zero-order chi connectivity index (χ0) is 17.7. The molecular formula is C18H28N2O3S. The maximum atomic E-state index is 12.5. The van der Waals surface area contributed by atoms with Crippen LogP contribution >= 0.6 is 11.3 Å². The highest BCUT2D eigenvalue weighted by atomic mass is 32.1. The molecule has 134 valence electrons. The molecule has 0 aliphatic heterocycles. The molecule has 0 aromatic carbocycles. The van der Waals surface area contributed by atoms with Gasteiger partial charge < -0.3 is 15.4 Å². The first-order chi connectivity index (χ1) is 11.3. The summed E-state index contributed by atoms with van der Waals surface area (Å²) in [6.07, 6.45) is 4.13. The van der Waals surface area contributed by atoms with Gasteiger partial charge in [0.1, 0.15) is 11.6 Å². The molecule has 5 nitrogen and oxygen atoms in total. The van der Waals surface area contributed by atoms with Gasteiger partial charge in [0.15, 0.2) is 0 Å². The third kappa shape index (κ3) is 5.51. The average molecular weight is 353 g/mol. The van der Waals surface area contributed by atoms with Gasteiger partial charge >= 0.3 is 6.09 Å². The maximum absolute atomic E-state index is 12.5. The Morgan fingerprint density at radius 2 is 1.92 bits per heavy atom. The molecule has 2 atom stereocenters. The lowest BCUT2D eigenvalue weighted by Gasteiger charge is -2.26. The van der Waals surface area contributed by atoms with Gasteiger partial charge in [-0.25, -0.2) is 4.79 Å². The van der Waals surface area contributed by atoms with E-state index in [1.807, 2.05) is 11.4 Å². The minimum Gasteiger partial charge on any atom is -0.444 e. The Bertz CT molecular complexity index is 545. The molecule has 2 amide bonds. The van der Waals surface area contributed by atoms with Gasteiger partial charge in [-0.2, -0.15) is 0 Å². The number of nitrogens with one attached hydrogen (secondary N) is 2. The summed E-state index contributed by atoms with van der Waals surface area (Å²) in [7, 11) is 0. The molecule has 0 radical (unpaired) electrons. The van der Waals surface area contributed by atoms with Crippen molar-refractivity contribution in [2.45, 2.75) is 71.1 Å². The number of hydrogen-bond acceptors (Lipinski definition) is 4. The number of thiophene rings is 1. The smallest absolute Gasteiger partial charge is 0.408 e. The van der Waals surface area contributed by atoms with E-state index in [9.17, 15) is 9.59 Å². The molecule has 6 heteroatoms. The highest BCUT2D eigenvalue weighted by Crippen LogP contribution is 2.37. The van der Waals surface area contributed by atoms with Crippen molar-refractivity contribution in [3.05, 3.63) is 22.4 Å². The summed E-state index contributed by atoms with van der Waals surface area (Å²) in [6, 6.07) is 3.47. The molecule has 2 N–H and O–H groups in total. The number of hydrogen-bond donors (Lipinski definition) is 2. The normalized spacial score (nSPS) is 18.0. The number of alkyl carbamates (subject to hydrolysis) is 1. The van der Waals surface area contributed by atoms with Crippen LogP contribution in [0.25, 0.3) is 0 Å². The minimum absolute atomic E-state index is 0.0305. The topological polar surface area (TPSA) is 67.4 Å². The third-order valence-corrected chi connectivity index (χ3v) is 5.10. The molecule has 0 saturated heterocycles. The SMILES string of the molecule is C[C@@H](NC(=O)OC(C)(C)C)C(=O)N[C@H](c1cccs1)C1CCCC1. The van der Waals surface area contributed by atoms with Gasteiger partial charge in [-0.1, -0.05) is 18.9 Å². The van der Waals surface area contributed by atoms with Crippen LogP contribution in [0.4, 0.5) is 4.79 Å². The zero-order valence-corrected chi connectivity index (χ0v) is 15.7. The standard InChI is InChI=1S/C18H28N2O3S/c1-12(19-17(22)23-18(2,3)4)16(21)20-15(13-8-5-6-9-13)14-10-7-11-24-14/h7,10-13,15H,5-6,8-9H2,1-4H3,(H,19,22)(H,20,21)/t12-,15+/m1/s1. The summed E-state index contributed by atoms with van der Waals surface area (Å²) >= 11 is 1.67. The second-order valence-corrected chi connectivity index (χ2v) is 8.39. The van der Waals surface area contributed by atoms with Gasteiger partial charge in [0.05, 0.1) is 6.04 Å². The Hall–Kier alpha value is -1.56. The van der Waals surface area contributed by atoms with Crippen LogP contribution in [0.1, 0.15) is 64.3 Å². The van der Waals surface area contributed by atoms with Gasteiger partial charge in [-0.3, -0.25) is 4.79 Å². The lowest BCUT2D eigenvalue weighted by Crippen LogP contribution is -2.48. The average Bonchev–Trinajstić information content (AvgIpc) is 3.15. The lowest BCUT2D eigenvalue weighted by atomic mass is 9.96. The first-order valence-corrected chi connectivity index (χ1v) is 9.47. The van der Waals surface area contributed by atoms with Crippen molar-refractivity contribution >= 4 is 23.3 Å². The summed E-state index contributed by atoms with van der Waals surface area (Å²) in [6.45, 7) is 7.07. The summed E-state index contributed by atoms with van der Waals surface area (Å²) in [5, 5.41) is 7.77. The molecule has 1 fully saturated rings. The fraction of sp³-hybridized carbons (Fsp3) is 0.667. The highest BCUT2D eigenvalue weighted by molar-refractivity contribution is 7.10. The van der Waals surface area contributed by atoms with Crippen molar-refractivity contribution in [3.8, 4) is 0 Å². The second-order valence-electron chi connectivity index (χ2n) is 7.41. The van der Waals surface area contributed by atoms with Crippen LogP contribution in [0.2, 0.25) is 0 Å². The van der Waals surface area contributed by atoms with Crippen molar-refractivity contribution in [2.24, 2.45) is 5.92 Å². The Labute approximate surface area is 148 Å². The summed E-state index contributed by atoms with van der Waals surface area (Å²) in [5.74, 6) is 0.299. The molecule has 0 spiro atoms. The predicted octanol–water partition coefficient (Wildman–Crippen LogP) is 4.01. The van der Waals surface area contributed by atoms with E-state index in [0.717, 1.165) is 12.8 Å². The van der Waals surface area contributed by atoms with E-state index in [1.54, 1.807) is 39.0 Å². The van der Waals surface area contributed by atoms with Crippen LogP contribution in [0.15, 0.2) is 17.5 Å². The van der Waals surface area contributed by atoms with E-state index in [1.165, 1.54) is 17.7 Å². The molecule has 1 heterocycles. The molecule has 1 aliphatic carbocycles. The van der Waals surface area contributed by atoms with Crippen molar-refractivity contribution in [1.29, 1.82) is 0 Å². The molecule has 0 bridgehead atoms. The predicted molar refractivity (Wildman–Crippen MR) is 96.0 cm³/mol. The summed E-state index contributed by atoms with van der Waals surface area (Å²) < 4.78 is 5.21. The lowest BCUT2D eigenvalue weighted by molar-refractivity contribution is -0.123. The van der Waals surface area contributed by atoms with Gasteiger partial charge in [0, 0.05) is 4.88 Å². The number of carbonyl (C=O) groups is 2. The quantitative estimate of drug-likeness (QED) is 0.841.